The Balaban J connectivity index is 1.91. The van der Waals surface area contributed by atoms with Gasteiger partial charge in [-0.15, -0.1) is 0 Å². The molecule has 0 radical (unpaired) electrons. The molecule has 0 aliphatic carbocycles. The first-order valence-electron chi connectivity index (χ1n) is 12.0. The molecule has 10 heteroatoms. The van der Waals surface area contributed by atoms with Crippen LogP contribution < -0.4 is 24.4 Å². The second-order valence-electron chi connectivity index (χ2n) is 8.64. The first-order valence-corrected chi connectivity index (χ1v) is 13.9. The summed E-state index contributed by atoms with van der Waals surface area (Å²) in [4.78, 5) is 32.1. The van der Waals surface area contributed by atoms with Crippen molar-refractivity contribution in [2.45, 2.75) is 39.8 Å². The summed E-state index contributed by atoms with van der Waals surface area (Å²) in [5.74, 6) is 0.665. The molecule has 0 unspecified atom stereocenters. The van der Waals surface area contributed by atoms with Gasteiger partial charge in [0.1, 0.15) is 23.6 Å². The molecule has 0 saturated heterocycles. The van der Waals surface area contributed by atoms with Crippen LogP contribution in [0.2, 0.25) is 0 Å². The highest BCUT2D eigenvalue weighted by Gasteiger charge is 2.35. The molecule has 3 aromatic rings. The Morgan fingerprint density at radius 2 is 2.03 bits per heavy atom. The molecule has 0 saturated carbocycles. The normalized spacial score (nSPS) is 15.1. The van der Waals surface area contributed by atoms with Gasteiger partial charge in [-0.05, 0) is 80.1 Å². The van der Waals surface area contributed by atoms with E-state index >= 15 is 0 Å². The molecule has 0 bridgehead atoms. The van der Waals surface area contributed by atoms with Crippen LogP contribution in [0.15, 0.2) is 63.5 Å². The molecule has 0 amide bonds. The largest absolute Gasteiger partial charge is 0.491 e. The summed E-state index contributed by atoms with van der Waals surface area (Å²) in [6.45, 7) is 7.50. The van der Waals surface area contributed by atoms with Gasteiger partial charge in [-0.1, -0.05) is 35.6 Å². The predicted octanol–water partition coefficient (Wildman–Crippen LogP) is 4.09. The second-order valence-corrected chi connectivity index (χ2v) is 10.8. The fourth-order valence-electron chi connectivity index (χ4n) is 4.14. The summed E-state index contributed by atoms with van der Waals surface area (Å²) in [5.41, 5.74) is 2.01. The van der Waals surface area contributed by atoms with E-state index in [2.05, 4.69) is 27.6 Å². The van der Waals surface area contributed by atoms with Crippen LogP contribution in [0.5, 0.6) is 11.5 Å². The fourth-order valence-corrected chi connectivity index (χ4v) is 5.88. The standard InChI is InChI=1S/C28H26IN3O5S/c1-5-35-27(34)24-17(4)31-28-32(25(24)19-8-6-7-9-21(19)37-16(2)3)26(33)23(38-28)15-18-10-11-22(20(29)14-18)36-13-12-30/h6-11,14-16,25H,5,13H2,1-4H3/b23-15+/t25-/m1/s1. The van der Waals surface area contributed by atoms with Crippen LogP contribution in [-0.2, 0) is 9.53 Å². The quantitative estimate of drug-likeness (QED) is 0.271. The number of aromatic nitrogens is 1. The summed E-state index contributed by atoms with van der Waals surface area (Å²) < 4.78 is 19.7. The average molecular weight is 644 g/mol. The summed E-state index contributed by atoms with van der Waals surface area (Å²) in [7, 11) is 0. The molecule has 1 atom stereocenters. The number of thiazole rings is 1. The van der Waals surface area contributed by atoms with Gasteiger partial charge in [-0.2, -0.15) is 5.26 Å². The minimum Gasteiger partial charge on any atom is -0.491 e. The third-order valence-electron chi connectivity index (χ3n) is 5.64. The monoisotopic (exact) mass is 643 g/mol. The number of halogens is 1. The van der Waals surface area contributed by atoms with E-state index in [1.165, 1.54) is 11.3 Å². The molecule has 0 spiro atoms. The number of carbonyl (C=O) groups is 1. The van der Waals surface area contributed by atoms with Crippen molar-refractivity contribution < 1.29 is 19.0 Å². The number of esters is 1. The van der Waals surface area contributed by atoms with Crippen molar-refractivity contribution in [2.24, 2.45) is 4.99 Å². The van der Waals surface area contributed by atoms with E-state index in [1.54, 1.807) is 30.6 Å². The summed E-state index contributed by atoms with van der Waals surface area (Å²) in [6, 6.07) is 14.1. The Hall–Kier alpha value is -3.43. The van der Waals surface area contributed by atoms with E-state index in [0.29, 0.717) is 37.7 Å². The van der Waals surface area contributed by atoms with Gasteiger partial charge in [-0.25, -0.2) is 9.79 Å². The van der Waals surface area contributed by atoms with Crippen LogP contribution in [0.25, 0.3) is 6.08 Å². The zero-order valence-electron chi connectivity index (χ0n) is 21.4. The third kappa shape index (κ3) is 5.68. The van der Waals surface area contributed by atoms with E-state index in [4.69, 9.17) is 19.5 Å². The van der Waals surface area contributed by atoms with Gasteiger partial charge < -0.3 is 14.2 Å². The van der Waals surface area contributed by atoms with Gasteiger partial charge in [0.05, 0.1) is 32.1 Å². The first-order chi connectivity index (χ1) is 18.2. The lowest BCUT2D eigenvalue weighted by Gasteiger charge is -2.26. The van der Waals surface area contributed by atoms with Crippen LogP contribution in [0.4, 0.5) is 0 Å². The van der Waals surface area contributed by atoms with Gasteiger partial charge in [-0.3, -0.25) is 9.36 Å². The highest BCUT2D eigenvalue weighted by atomic mass is 127. The predicted molar refractivity (Wildman–Crippen MR) is 153 cm³/mol. The molecule has 0 fully saturated rings. The Kier molecular flexibility index (Phi) is 8.69. The lowest BCUT2D eigenvalue weighted by Crippen LogP contribution is -2.40. The van der Waals surface area contributed by atoms with E-state index in [9.17, 15) is 9.59 Å². The van der Waals surface area contributed by atoms with Crippen LogP contribution in [0.1, 0.15) is 44.9 Å². The highest BCUT2D eigenvalue weighted by Crippen LogP contribution is 2.36. The Bertz CT molecular complexity index is 1630. The zero-order chi connectivity index (χ0) is 27.4. The number of hydrogen-bond acceptors (Lipinski definition) is 8. The second kappa shape index (κ2) is 12.0. The molecule has 2 heterocycles. The smallest absolute Gasteiger partial charge is 0.338 e. The Morgan fingerprint density at radius 3 is 2.71 bits per heavy atom. The van der Waals surface area contributed by atoms with E-state index < -0.39 is 12.0 Å². The van der Waals surface area contributed by atoms with Gasteiger partial charge in [0.15, 0.2) is 11.4 Å². The number of benzene rings is 2. The minimum absolute atomic E-state index is 0.0436. The first kappa shape index (κ1) is 27.6. The van der Waals surface area contributed by atoms with Crippen LogP contribution in [0, 0.1) is 14.9 Å². The number of rotatable bonds is 8. The molecule has 0 N–H and O–H groups in total. The number of fused-ring (bicyclic) bond motifs is 1. The van der Waals surface area contributed by atoms with E-state index in [0.717, 1.165) is 9.13 Å². The lowest BCUT2D eigenvalue weighted by atomic mass is 9.95. The topological polar surface area (TPSA) is 103 Å². The lowest BCUT2D eigenvalue weighted by molar-refractivity contribution is -0.139. The average Bonchev–Trinajstić information content (AvgIpc) is 3.17. The van der Waals surface area contributed by atoms with Gasteiger partial charge >= 0.3 is 5.97 Å². The summed E-state index contributed by atoms with van der Waals surface area (Å²) in [5, 5.41) is 8.78. The number of nitrogens with zero attached hydrogens (tertiary/aromatic N) is 3. The minimum atomic E-state index is -0.760. The van der Waals surface area contributed by atoms with Gasteiger partial charge in [0.25, 0.3) is 5.56 Å². The number of para-hydroxylation sites is 1. The van der Waals surface area contributed by atoms with Crippen LogP contribution >= 0.6 is 33.9 Å². The highest BCUT2D eigenvalue weighted by molar-refractivity contribution is 14.1. The van der Waals surface area contributed by atoms with Gasteiger partial charge in [0.2, 0.25) is 0 Å². The maximum absolute atomic E-state index is 13.9. The molecule has 1 aliphatic rings. The van der Waals surface area contributed by atoms with Crippen molar-refractivity contribution in [3.63, 3.8) is 0 Å². The summed E-state index contributed by atoms with van der Waals surface area (Å²) in [6.07, 6.45) is 1.68. The number of hydrogen-bond donors (Lipinski definition) is 0. The molecule has 38 heavy (non-hydrogen) atoms. The maximum atomic E-state index is 13.9. The molecule has 2 aromatic carbocycles. The fraction of sp³-hybridized carbons (Fsp3) is 0.286. The zero-order valence-corrected chi connectivity index (χ0v) is 24.3. The number of allylic oxidation sites excluding steroid dienone is 1. The van der Waals surface area contributed by atoms with E-state index in [1.807, 2.05) is 56.3 Å². The molecule has 4 rings (SSSR count). The van der Waals surface area contributed by atoms with Crippen molar-refractivity contribution in [3.8, 4) is 17.6 Å². The molecule has 1 aliphatic heterocycles. The molecule has 1 aromatic heterocycles. The van der Waals surface area contributed by atoms with Crippen molar-refractivity contribution in [2.75, 3.05) is 13.2 Å². The molecular formula is C28H26IN3O5S. The summed E-state index contributed by atoms with van der Waals surface area (Å²) >= 11 is 3.39. The SMILES string of the molecule is CCOC(=O)C1=C(C)N=c2s/c(=C/c3ccc(OCC#N)c(I)c3)c(=O)n2[C@@H]1c1ccccc1OC(C)C. The molecular weight excluding hydrogens is 617 g/mol. The van der Waals surface area contributed by atoms with Crippen molar-refractivity contribution in [1.82, 2.24) is 4.57 Å². The Labute approximate surface area is 237 Å². The Morgan fingerprint density at radius 1 is 1.26 bits per heavy atom. The number of ether oxygens (including phenoxy) is 3. The van der Waals surface area contributed by atoms with Crippen LogP contribution in [0.3, 0.4) is 0 Å². The molecule has 196 valence electrons. The third-order valence-corrected chi connectivity index (χ3v) is 7.47. The maximum Gasteiger partial charge on any atom is 0.338 e. The van der Waals surface area contributed by atoms with Gasteiger partial charge in [0, 0.05) is 5.56 Å². The van der Waals surface area contributed by atoms with Crippen molar-refractivity contribution in [3.05, 3.63) is 88.1 Å². The number of nitriles is 1. The van der Waals surface area contributed by atoms with Crippen LogP contribution in [-0.4, -0.2) is 29.9 Å². The van der Waals surface area contributed by atoms with E-state index in [-0.39, 0.29) is 24.9 Å². The molecule has 8 nitrogen and oxygen atoms in total. The number of carbonyl (C=O) groups excluding carboxylic acids is 1. The van der Waals surface area contributed by atoms with Crippen molar-refractivity contribution >= 4 is 46.0 Å². The van der Waals surface area contributed by atoms with Crippen molar-refractivity contribution in [1.29, 1.82) is 5.26 Å².